The molecule has 144 valence electrons. The molecule has 1 aromatic heterocycles. The SMILES string of the molecule is O=S(=O)(NC1C2CCC1CC(SCc1ccccc1)=NC2)c1ccc(Cl)s1. The molecule has 1 fully saturated rings. The minimum Gasteiger partial charge on any atom is -0.283 e. The number of thioether (sulfide) groups is 1. The van der Waals surface area contributed by atoms with E-state index in [9.17, 15) is 8.42 Å². The second-order valence-electron chi connectivity index (χ2n) is 7.02. The predicted octanol–water partition coefficient (Wildman–Crippen LogP) is 4.81. The number of hydrogen-bond acceptors (Lipinski definition) is 5. The topological polar surface area (TPSA) is 58.5 Å². The minimum absolute atomic E-state index is 0.0468. The summed E-state index contributed by atoms with van der Waals surface area (Å²) in [4.78, 5) is 4.80. The van der Waals surface area contributed by atoms with Crippen molar-refractivity contribution in [2.75, 3.05) is 6.54 Å². The lowest BCUT2D eigenvalue weighted by Crippen LogP contribution is -2.41. The number of thiophene rings is 1. The summed E-state index contributed by atoms with van der Waals surface area (Å²) in [7, 11) is -3.53. The Kier molecular flexibility index (Phi) is 5.94. The van der Waals surface area contributed by atoms with Gasteiger partial charge < -0.3 is 0 Å². The molecular weight excluding hydrogens is 420 g/mol. The maximum atomic E-state index is 12.7. The molecule has 0 saturated heterocycles. The molecule has 4 rings (SSSR count). The zero-order valence-electron chi connectivity index (χ0n) is 14.7. The van der Waals surface area contributed by atoms with Gasteiger partial charge in [-0.3, -0.25) is 4.99 Å². The highest BCUT2D eigenvalue weighted by atomic mass is 35.5. The lowest BCUT2D eigenvalue weighted by Gasteiger charge is -2.22. The van der Waals surface area contributed by atoms with Crippen molar-refractivity contribution in [3.05, 3.63) is 52.4 Å². The summed E-state index contributed by atoms with van der Waals surface area (Å²) in [5.74, 6) is 1.49. The Bertz CT molecular complexity index is 927. The second kappa shape index (κ2) is 8.25. The van der Waals surface area contributed by atoms with E-state index in [4.69, 9.17) is 16.6 Å². The molecule has 1 saturated carbocycles. The van der Waals surface area contributed by atoms with Gasteiger partial charge in [0.1, 0.15) is 4.21 Å². The van der Waals surface area contributed by atoms with Gasteiger partial charge in [-0.25, -0.2) is 13.1 Å². The van der Waals surface area contributed by atoms with E-state index in [0.717, 1.165) is 41.4 Å². The van der Waals surface area contributed by atoms with Crippen LogP contribution in [-0.2, 0) is 15.8 Å². The van der Waals surface area contributed by atoms with Gasteiger partial charge in [0.2, 0.25) is 10.0 Å². The molecule has 4 nitrogen and oxygen atoms in total. The van der Waals surface area contributed by atoms with Crippen LogP contribution in [0.3, 0.4) is 0 Å². The van der Waals surface area contributed by atoms with E-state index >= 15 is 0 Å². The molecule has 27 heavy (non-hydrogen) atoms. The molecule has 3 unspecified atom stereocenters. The lowest BCUT2D eigenvalue weighted by atomic mass is 9.98. The van der Waals surface area contributed by atoms with Crippen LogP contribution in [-0.4, -0.2) is 26.0 Å². The van der Waals surface area contributed by atoms with E-state index in [1.165, 1.54) is 5.56 Å². The van der Waals surface area contributed by atoms with Crippen molar-refractivity contribution in [1.29, 1.82) is 0 Å². The average molecular weight is 441 g/mol. The van der Waals surface area contributed by atoms with Gasteiger partial charge >= 0.3 is 0 Å². The van der Waals surface area contributed by atoms with Crippen molar-refractivity contribution < 1.29 is 8.42 Å². The Balaban J connectivity index is 1.42. The van der Waals surface area contributed by atoms with Crippen LogP contribution in [0.5, 0.6) is 0 Å². The molecule has 0 radical (unpaired) electrons. The van der Waals surface area contributed by atoms with Crippen LogP contribution in [0.25, 0.3) is 0 Å². The Morgan fingerprint density at radius 1 is 1.15 bits per heavy atom. The predicted molar refractivity (Wildman–Crippen MR) is 114 cm³/mol. The van der Waals surface area contributed by atoms with Gasteiger partial charge in [-0.2, -0.15) is 0 Å². The van der Waals surface area contributed by atoms with Crippen LogP contribution in [0.15, 0.2) is 51.7 Å². The minimum atomic E-state index is -3.53. The standard InChI is InChI=1S/C19H21ClN2O2S3/c20-16-8-9-18(26-16)27(23,24)22-19-14-6-7-15(19)11-21-17(10-14)25-12-13-4-2-1-3-5-13/h1-5,8-9,14-15,19,22H,6-7,10-12H2. The zero-order valence-corrected chi connectivity index (χ0v) is 17.9. The van der Waals surface area contributed by atoms with Gasteiger partial charge in [0.05, 0.1) is 9.38 Å². The summed E-state index contributed by atoms with van der Waals surface area (Å²) in [6, 6.07) is 13.5. The molecule has 2 bridgehead atoms. The summed E-state index contributed by atoms with van der Waals surface area (Å²) < 4.78 is 29.2. The fourth-order valence-electron chi connectivity index (χ4n) is 3.83. The first kappa shape index (κ1) is 19.5. The van der Waals surface area contributed by atoms with Crippen LogP contribution in [0.4, 0.5) is 0 Å². The molecule has 1 N–H and O–H groups in total. The summed E-state index contributed by atoms with van der Waals surface area (Å²) in [6.07, 6.45) is 2.93. The van der Waals surface area contributed by atoms with Gasteiger partial charge in [0.25, 0.3) is 0 Å². The zero-order chi connectivity index (χ0) is 18.9. The number of rotatable bonds is 5. The molecule has 0 spiro atoms. The first-order valence-electron chi connectivity index (χ1n) is 8.99. The van der Waals surface area contributed by atoms with Crippen LogP contribution in [0, 0.1) is 11.8 Å². The highest BCUT2D eigenvalue weighted by Gasteiger charge is 2.41. The molecule has 2 heterocycles. The Morgan fingerprint density at radius 3 is 2.67 bits per heavy atom. The van der Waals surface area contributed by atoms with Crippen LogP contribution in [0.1, 0.15) is 24.8 Å². The molecule has 3 atom stereocenters. The Morgan fingerprint density at radius 2 is 1.93 bits per heavy atom. The van der Waals surface area contributed by atoms with Gasteiger partial charge in [0.15, 0.2) is 0 Å². The van der Waals surface area contributed by atoms with Crippen LogP contribution < -0.4 is 4.72 Å². The van der Waals surface area contributed by atoms with Gasteiger partial charge in [0, 0.05) is 18.3 Å². The van der Waals surface area contributed by atoms with E-state index in [0.29, 0.717) is 16.8 Å². The second-order valence-corrected chi connectivity index (χ2v) is 11.7. The molecule has 0 amide bonds. The molecule has 1 aliphatic heterocycles. The third-order valence-corrected chi connectivity index (χ3v) is 9.50. The number of benzene rings is 1. The number of hydrogen-bond donors (Lipinski definition) is 1. The quantitative estimate of drug-likeness (QED) is 0.725. The normalized spacial score (nSPS) is 25.2. The van der Waals surface area contributed by atoms with Gasteiger partial charge in [-0.05, 0) is 48.8 Å². The smallest absolute Gasteiger partial charge is 0.250 e. The van der Waals surface area contributed by atoms with Crippen molar-refractivity contribution in [2.45, 2.75) is 35.3 Å². The van der Waals surface area contributed by atoms with Crippen molar-refractivity contribution >= 4 is 49.8 Å². The largest absolute Gasteiger partial charge is 0.283 e. The number of sulfonamides is 1. The first-order valence-corrected chi connectivity index (χ1v) is 12.7. The maximum absolute atomic E-state index is 12.7. The molecule has 8 heteroatoms. The van der Waals surface area contributed by atoms with E-state index in [2.05, 4.69) is 16.9 Å². The number of aliphatic imine (C=N–C) groups is 1. The van der Waals surface area contributed by atoms with E-state index < -0.39 is 10.0 Å². The molecule has 1 aliphatic carbocycles. The third kappa shape index (κ3) is 4.59. The van der Waals surface area contributed by atoms with Crippen molar-refractivity contribution in [1.82, 2.24) is 4.72 Å². The fraction of sp³-hybridized carbons (Fsp3) is 0.421. The molecular formula is C19H21ClN2O2S3. The fourth-order valence-corrected chi connectivity index (χ4v) is 7.73. The Hall–Kier alpha value is -0.860. The monoisotopic (exact) mass is 440 g/mol. The highest BCUT2D eigenvalue weighted by Crippen LogP contribution is 2.39. The van der Waals surface area contributed by atoms with Crippen molar-refractivity contribution in [3.63, 3.8) is 0 Å². The maximum Gasteiger partial charge on any atom is 0.250 e. The first-order chi connectivity index (χ1) is 13.0. The van der Waals surface area contributed by atoms with Crippen molar-refractivity contribution in [2.24, 2.45) is 16.8 Å². The number of fused-ring (bicyclic) bond motifs is 2. The summed E-state index contributed by atoms with van der Waals surface area (Å²) in [5.41, 5.74) is 1.28. The summed E-state index contributed by atoms with van der Waals surface area (Å²) in [6.45, 7) is 0.700. The Labute approximate surface area is 173 Å². The molecule has 2 aliphatic rings. The average Bonchev–Trinajstić information content (AvgIpc) is 3.19. The number of nitrogens with one attached hydrogen (secondary N) is 1. The summed E-state index contributed by atoms with van der Waals surface area (Å²) >= 11 is 8.80. The lowest BCUT2D eigenvalue weighted by molar-refractivity contribution is 0.399. The van der Waals surface area contributed by atoms with Crippen molar-refractivity contribution in [3.8, 4) is 0 Å². The van der Waals surface area contributed by atoms with Gasteiger partial charge in [-0.1, -0.05) is 41.9 Å². The van der Waals surface area contributed by atoms with E-state index in [1.807, 2.05) is 18.2 Å². The van der Waals surface area contributed by atoms with Crippen LogP contribution >= 0.6 is 34.7 Å². The highest BCUT2D eigenvalue weighted by molar-refractivity contribution is 8.13. The third-order valence-electron chi connectivity index (χ3n) is 5.22. The van der Waals surface area contributed by atoms with E-state index in [1.54, 1.807) is 23.9 Å². The summed E-state index contributed by atoms with van der Waals surface area (Å²) in [5, 5.41) is 1.15. The number of nitrogens with zero attached hydrogens (tertiary/aromatic N) is 1. The number of halogens is 1. The van der Waals surface area contributed by atoms with Gasteiger partial charge in [-0.15, -0.1) is 23.1 Å². The molecule has 1 aromatic carbocycles. The van der Waals surface area contributed by atoms with E-state index in [-0.39, 0.29) is 16.2 Å². The van der Waals surface area contributed by atoms with Crippen LogP contribution in [0.2, 0.25) is 4.34 Å². The molecule has 2 aromatic rings.